The maximum atomic E-state index is 12.7. The first kappa shape index (κ1) is 10.9. The lowest BCUT2D eigenvalue weighted by Gasteiger charge is -2.30. The van der Waals surface area contributed by atoms with Crippen molar-refractivity contribution in [2.24, 2.45) is 5.11 Å². The Morgan fingerprint density at radius 2 is 2.19 bits per heavy atom. The molecule has 0 fully saturated rings. The normalized spacial score (nSPS) is 23.7. The van der Waals surface area contributed by atoms with Crippen molar-refractivity contribution in [2.45, 2.75) is 25.2 Å². The Hall–Kier alpha value is -1.65. The number of alkyl halides is 2. The minimum Gasteiger partial charge on any atom is -0.367 e. The van der Waals surface area contributed by atoms with Crippen LogP contribution in [0.25, 0.3) is 10.4 Å². The molecule has 4 nitrogen and oxygen atoms in total. The smallest absolute Gasteiger partial charge is 0.265 e. The molecule has 0 amide bonds. The van der Waals surface area contributed by atoms with Crippen molar-refractivity contribution >= 4 is 0 Å². The molecule has 1 aromatic carbocycles. The second kappa shape index (κ2) is 4.47. The van der Waals surface area contributed by atoms with Crippen molar-refractivity contribution in [2.75, 3.05) is 0 Å². The second-order valence-corrected chi connectivity index (χ2v) is 3.46. The standard InChI is InChI=1S/C10H9F2N3O/c11-10(12)9-8(14-15-13)7-4-2-1-3-6(7)5-16-9/h1-4,8-10H,5H2. The zero-order chi connectivity index (χ0) is 11.5. The van der Waals surface area contributed by atoms with Gasteiger partial charge in [-0.05, 0) is 16.7 Å². The van der Waals surface area contributed by atoms with Crippen LogP contribution >= 0.6 is 0 Å². The number of hydrogen-bond donors (Lipinski definition) is 0. The van der Waals surface area contributed by atoms with E-state index in [1.165, 1.54) is 0 Å². The van der Waals surface area contributed by atoms with E-state index < -0.39 is 18.6 Å². The highest BCUT2D eigenvalue weighted by molar-refractivity contribution is 5.32. The van der Waals surface area contributed by atoms with Crippen LogP contribution < -0.4 is 0 Å². The molecule has 2 unspecified atom stereocenters. The number of fused-ring (bicyclic) bond motifs is 1. The molecule has 0 spiro atoms. The third-order valence-corrected chi connectivity index (χ3v) is 2.54. The predicted octanol–water partition coefficient (Wildman–Crippen LogP) is 3.20. The number of halogens is 2. The second-order valence-electron chi connectivity index (χ2n) is 3.46. The number of hydrogen-bond acceptors (Lipinski definition) is 2. The topological polar surface area (TPSA) is 58.0 Å². The van der Waals surface area contributed by atoms with Crippen LogP contribution in [-0.4, -0.2) is 12.5 Å². The minimum absolute atomic E-state index is 0.128. The van der Waals surface area contributed by atoms with Crippen LogP contribution in [0.15, 0.2) is 29.4 Å². The van der Waals surface area contributed by atoms with Gasteiger partial charge in [0.1, 0.15) is 6.10 Å². The maximum Gasteiger partial charge on any atom is 0.265 e. The van der Waals surface area contributed by atoms with Crippen LogP contribution in [0.3, 0.4) is 0 Å². The molecule has 0 bridgehead atoms. The van der Waals surface area contributed by atoms with Gasteiger partial charge in [0.15, 0.2) is 0 Å². The fraction of sp³-hybridized carbons (Fsp3) is 0.400. The fourth-order valence-electron chi connectivity index (χ4n) is 1.80. The average Bonchev–Trinajstić information content (AvgIpc) is 2.29. The Labute approximate surface area is 90.5 Å². The first-order valence-electron chi connectivity index (χ1n) is 4.76. The molecule has 0 saturated heterocycles. The van der Waals surface area contributed by atoms with Gasteiger partial charge in [0.05, 0.1) is 12.6 Å². The summed E-state index contributed by atoms with van der Waals surface area (Å²) in [5.41, 5.74) is 9.81. The molecule has 1 aromatic rings. The summed E-state index contributed by atoms with van der Waals surface area (Å²) in [7, 11) is 0. The van der Waals surface area contributed by atoms with Crippen LogP contribution in [0.2, 0.25) is 0 Å². The van der Waals surface area contributed by atoms with Gasteiger partial charge in [-0.15, -0.1) is 0 Å². The monoisotopic (exact) mass is 225 g/mol. The molecule has 0 aromatic heterocycles. The summed E-state index contributed by atoms with van der Waals surface area (Å²) in [4.78, 5) is 2.60. The number of benzene rings is 1. The summed E-state index contributed by atoms with van der Waals surface area (Å²) >= 11 is 0. The molecule has 1 heterocycles. The van der Waals surface area contributed by atoms with Gasteiger partial charge in [0.2, 0.25) is 0 Å². The van der Waals surface area contributed by atoms with E-state index >= 15 is 0 Å². The first-order chi connectivity index (χ1) is 7.74. The van der Waals surface area contributed by atoms with Gasteiger partial charge < -0.3 is 4.74 Å². The van der Waals surface area contributed by atoms with Crippen molar-refractivity contribution in [3.63, 3.8) is 0 Å². The molecule has 84 valence electrons. The van der Waals surface area contributed by atoms with Gasteiger partial charge >= 0.3 is 0 Å². The summed E-state index contributed by atoms with van der Waals surface area (Å²) in [5.74, 6) is 0. The van der Waals surface area contributed by atoms with Gasteiger partial charge in [-0.25, -0.2) is 8.78 Å². The molecule has 1 aliphatic heterocycles. The number of rotatable bonds is 2. The molecule has 2 atom stereocenters. The molecule has 0 N–H and O–H groups in total. The molecule has 1 aliphatic rings. The Balaban J connectivity index is 2.43. The SMILES string of the molecule is [N-]=[N+]=NC1c2ccccc2COC1C(F)F. The van der Waals surface area contributed by atoms with E-state index in [0.717, 1.165) is 5.56 Å². The number of ether oxygens (including phenoxy) is 1. The van der Waals surface area contributed by atoms with Gasteiger partial charge in [0.25, 0.3) is 6.43 Å². The molecule has 2 rings (SSSR count). The van der Waals surface area contributed by atoms with E-state index in [2.05, 4.69) is 10.0 Å². The molecule has 0 aliphatic carbocycles. The zero-order valence-corrected chi connectivity index (χ0v) is 8.25. The van der Waals surface area contributed by atoms with Crippen LogP contribution in [0.4, 0.5) is 8.78 Å². The van der Waals surface area contributed by atoms with Crippen molar-refractivity contribution in [3.8, 4) is 0 Å². The van der Waals surface area contributed by atoms with Crippen LogP contribution in [0.1, 0.15) is 17.2 Å². The van der Waals surface area contributed by atoms with E-state index in [-0.39, 0.29) is 6.61 Å². The van der Waals surface area contributed by atoms with Crippen LogP contribution in [-0.2, 0) is 11.3 Å². The summed E-state index contributed by atoms with van der Waals surface area (Å²) in [6.07, 6.45) is -4.02. The Bertz CT molecular complexity index is 432. The fourth-order valence-corrected chi connectivity index (χ4v) is 1.80. The van der Waals surface area contributed by atoms with Crippen molar-refractivity contribution in [1.82, 2.24) is 0 Å². The molecule has 0 saturated carbocycles. The van der Waals surface area contributed by atoms with Crippen molar-refractivity contribution in [3.05, 3.63) is 45.8 Å². The van der Waals surface area contributed by atoms with E-state index in [0.29, 0.717) is 5.56 Å². The van der Waals surface area contributed by atoms with Crippen molar-refractivity contribution < 1.29 is 13.5 Å². The highest BCUT2D eigenvalue weighted by Gasteiger charge is 2.35. The summed E-state index contributed by atoms with van der Waals surface area (Å²) in [6.45, 7) is 0.128. The lowest BCUT2D eigenvalue weighted by atomic mass is 9.94. The third-order valence-electron chi connectivity index (χ3n) is 2.54. The van der Waals surface area contributed by atoms with Crippen molar-refractivity contribution in [1.29, 1.82) is 0 Å². The van der Waals surface area contributed by atoms with Crippen LogP contribution in [0, 0.1) is 0 Å². The lowest BCUT2D eigenvalue weighted by Crippen LogP contribution is -2.32. The Morgan fingerprint density at radius 1 is 1.44 bits per heavy atom. The van der Waals surface area contributed by atoms with E-state index in [4.69, 9.17) is 10.3 Å². The zero-order valence-electron chi connectivity index (χ0n) is 8.25. The van der Waals surface area contributed by atoms with Crippen LogP contribution in [0.5, 0.6) is 0 Å². The number of azide groups is 1. The Kier molecular flexibility index (Phi) is 3.03. The molecular formula is C10H9F2N3O. The molecule has 6 heteroatoms. The quantitative estimate of drug-likeness (QED) is 0.433. The maximum absolute atomic E-state index is 12.7. The molecule has 0 radical (unpaired) electrons. The average molecular weight is 225 g/mol. The first-order valence-corrected chi connectivity index (χ1v) is 4.76. The number of nitrogens with zero attached hydrogens (tertiary/aromatic N) is 3. The van der Waals surface area contributed by atoms with E-state index in [1.807, 2.05) is 0 Å². The largest absolute Gasteiger partial charge is 0.367 e. The minimum atomic E-state index is -2.66. The van der Waals surface area contributed by atoms with E-state index in [9.17, 15) is 8.78 Å². The highest BCUT2D eigenvalue weighted by atomic mass is 19.3. The summed E-state index contributed by atoms with van der Waals surface area (Å²) < 4.78 is 30.4. The lowest BCUT2D eigenvalue weighted by molar-refractivity contribution is -0.0848. The third kappa shape index (κ3) is 1.85. The molecule has 16 heavy (non-hydrogen) atoms. The molecular weight excluding hydrogens is 216 g/mol. The predicted molar refractivity (Wildman–Crippen MR) is 52.9 cm³/mol. The summed E-state index contributed by atoms with van der Waals surface area (Å²) in [6, 6.07) is 6.03. The van der Waals surface area contributed by atoms with Gasteiger partial charge in [-0.2, -0.15) is 0 Å². The summed E-state index contributed by atoms with van der Waals surface area (Å²) in [5, 5.41) is 3.40. The van der Waals surface area contributed by atoms with Gasteiger partial charge in [0, 0.05) is 4.91 Å². The van der Waals surface area contributed by atoms with Gasteiger partial charge in [-0.1, -0.05) is 29.4 Å². The van der Waals surface area contributed by atoms with E-state index in [1.54, 1.807) is 24.3 Å². The highest BCUT2D eigenvalue weighted by Crippen LogP contribution is 2.35. The van der Waals surface area contributed by atoms with Gasteiger partial charge in [-0.3, -0.25) is 0 Å². The Morgan fingerprint density at radius 3 is 2.88 bits per heavy atom.